The maximum absolute atomic E-state index is 14.3. The van der Waals surface area contributed by atoms with Gasteiger partial charge in [0.25, 0.3) is 0 Å². The van der Waals surface area contributed by atoms with E-state index in [0.29, 0.717) is 17.7 Å². The molecular formula is C54H70O13Si. The van der Waals surface area contributed by atoms with Gasteiger partial charge < -0.3 is 51.8 Å². The summed E-state index contributed by atoms with van der Waals surface area (Å²) in [6, 6.07) is 36.9. The van der Waals surface area contributed by atoms with Crippen LogP contribution in [0.15, 0.2) is 134 Å². The van der Waals surface area contributed by atoms with Crippen LogP contribution in [-0.4, -0.2) is 116 Å². The van der Waals surface area contributed by atoms with Crippen LogP contribution >= 0.6 is 0 Å². The van der Waals surface area contributed by atoms with E-state index in [1.807, 2.05) is 72.8 Å². The first-order valence-electron chi connectivity index (χ1n) is 23.6. The quantitative estimate of drug-likeness (QED) is 0.0375. The van der Waals surface area contributed by atoms with Gasteiger partial charge in [0.2, 0.25) is 8.32 Å². The Morgan fingerprint density at radius 1 is 0.559 bits per heavy atom. The first kappa shape index (κ1) is 52.8. The highest BCUT2D eigenvalue weighted by molar-refractivity contribution is 6.77. The van der Waals surface area contributed by atoms with Crippen LogP contribution in [0.25, 0.3) is 0 Å². The molecule has 2 aliphatic heterocycles. The third-order valence-electron chi connectivity index (χ3n) is 12.7. The zero-order valence-corrected chi connectivity index (χ0v) is 41.7. The van der Waals surface area contributed by atoms with Gasteiger partial charge in [-0.3, -0.25) is 0 Å². The van der Waals surface area contributed by atoms with Gasteiger partial charge in [-0.1, -0.05) is 145 Å². The largest absolute Gasteiger partial charge is 0.450 e. The zero-order valence-electron chi connectivity index (χ0n) is 40.7. The summed E-state index contributed by atoms with van der Waals surface area (Å²) in [5.74, 6) is -1.25. The molecule has 13 nitrogen and oxygen atoms in total. The number of rotatable bonds is 24. The molecule has 10 atom stereocenters. The number of esters is 2. The Labute approximate surface area is 403 Å². The third kappa shape index (κ3) is 13.2. The highest BCUT2D eigenvalue weighted by Gasteiger charge is 2.58. The van der Waals surface area contributed by atoms with E-state index in [2.05, 4.69) is 48.1 Å². The van der Waals surface area contributed by atoms with Crippen LogP contribution in [0.5, 0.6) is 0 Å². The van der Waals surface area contributed by atoms with E-state index < -0.39 is 81.7 Å². The number of ether oxygens (including phenoxy) is 10. The number of methoxy groups -OCH3 is 2. The van der Waals surface area contributed by atoms with Crippen molar-refractivity contribution in [1.29, 1.82) is 0 Å². The van der Waals surface area contributed by atoms with Gasteiger partial charge in [0.05, 0.1) is 44.2 Å². The maximum atomic E-state index is 14.3. The minimum atomic E-state index is -2.68. The van der Waals surface area contributed by atoms with Crippen LogP contribution in [0, 0.1) is 0 Å². The monoisotopic (exact) mass is 954 g/mol. The Hall–Kier alpha value is -4.58. The van der Waals surface area contributed by atoms with Crippen molar-refractivity contribution < 1.29 is 61.4 Å². The molecule has 2 saturated heterocycles. The average molecular weight is 955 g/mol. The van der Waals surface area contributed by atoms with Gasteiger partial charge in [-0.15, -0.1) is 6.58 Å². The average Bonchev–Trinajstić information content (AvgIpc) is 3.35. The van der Waals surface area contributed by atoms with E-state index in [1.54, 1.807) is 61.7 Å². The van der Waals surface area contributed by atoms with Crippen molar-refractivity contribution in [2.45, 2.75) is 133 Å². The molecule has 0 bridgehead atoms. The summed E-state index contributed by atoms with van der Waals surface area (Å²) in [5, 5.41) is 0. The molecule has 0 spiro atoms. The highest BCUT2D eigenvalue weighted by Crippen LogP contribution is 2.46. The topological polar surface area (TPSA) is 136 Å². The molecule has 2 aliphatic rings. The molecule has 0 unspecified atom stereocenters. The lowest BCUT2D eigenvalue weighted by Crippen LogP contribution is -2.68. The van der Waals surface area contributed by atoms with E-state index in [0.717, 1.165) is 11.1 Å². The molecule has 0 aliphatic carbocycles. The number of carbonyl (C=O) groups is 2. The molecule has 68 heavy (non-hydrogen) atoms. The fourth-order valence-corrected chi connectivity index (χ4v) is 15.2. The van der Waals surface area contributed by atoms with Crippen LogP contribution in [0.1, 0.15) is 73.4 Å². The highest BCUT2D eigenvalue weighted by atomic mass is 28.4. The van der Waals surface area contributed by atoms with Gasteiger partial charge in [0, 0.05) is 14.2 Å². The van der Waals surface area contributed by atoms with Gasteiger partial charge in [0.15, 0.2) is 24.8 Å². The smallest absolute Gasteiger partial charge is 0.338 e. The maximum Gasteiger partial charge on any atom is 0.338 e. The van der Waals surface area contributed by atoms with Gasteiger partial charge in [0.1, 0.15) is 36.6 Å². The predicted molar refractivity (Wildman–Crippen MR) is 259 cm³/mol. The molecule has 14 heteroatoms. The van der Waals surface area contributed by atoms with Crippen LogP contribution < -0.4 is 0 Å². The van der Waals surface area contributed by atoms with Crippen molar-refractivity contribution in [1.82, 2.24) is 0 Å². The van der Waals surface area contributed by atoms with E-state index >= 15 is 0 Å². The summed E-state index contributed by atoms with van der Waals surface area (Å²) in [4.78, 5) is 28.1. The SMILES string of the molecule is C=CCO[C@H]1O[C@H](COCc2ccccc2)[C@@H](O[C@H]2O[C@H](COCc3ccccc3)[C@@H](O[Si](C(C)C)(C(C)C)C(C)C)[C@H](OC)[C@@H]2OC(=O)c2ccccc2)[C@H](OC)[C@@H]1OC(=O)c1ccccc1. The molecule has 2 heterocycles. The lowest BCUT2D eigenvalue weighted by atomic mass is 9.96. The van der Waals surface area contributed by atoms with Crippen molar-refractivity contribution in [2.75, 3.05) is 34.0 Å². The molecule has 0 aromatic heterocycles. The summed E-state index contributed by atoms with van der Waals surface area (Å²) in [6.07, 6.45) is -8.84. The van der Waals surface area contributed by atoms with Crippen molar-refractivity contribution in [3.05, 3.63) is 156 Å². The lowest BCUT2D eigenvalue weighted by molar-refractivity contribution is -0.361. The number of benzene rings is 4. The van der Waals surface area contributed by atoms with Crippen molar-refractivity contribution in [2.24, 2.45) is 0 Å². The molecule has 6 rings (SSSR count). The van der Waals surface area contributed by atoms with Gasteiger partial charge in [-0.05, 0) is 52.0 Å². The fraction of sp³-hybridized carbons (Fsp3) is 0.481. The number of hydrogen-bond acceptors (Lipinski definition) is 13. The molecule has 2 fully saturated rings. The van der Waals surface area contributed by atoms with E-state index in [-0.39, 0.29) is 43.1 Å². The fourth-order valence-electron chi connectivity index (χ4n) is 9.59. The summed E-state index contributed by atoms with van der Waals surface area (Å²) in [5.41, 5.74) is 3.13. The van der Waals surface area contributed by atoms with Gasteiger partial charge in [-0.25, -0.2) is 9.59 Å². The van der Waals surface area contributed by atoms with Gasteiger partial charge >= 0.3 is 11.9 Å². The Kier molecular flexibility index (Phi) is 20.1. The van der Waals surface area contributed by atoms with Crippen molar-refractivity contribution in [3.63, 3.8) is 0 Å². The van der Waals surface area contributed by atoms with Gasteiger partial charge in [-0.2, -0.15) is 0 Å². The van der Waals surface area contributed by atoms with Crippen molar-refractivity contribution in [3.8, 4) is 0 Å². The summed E-state index contributed by atoms with van der Waals surface area (Å²) in [6.45, 7) is 17.8. The molecule has 0 radical (unpaired) electrons. The van der Waals surface area contributed by atoms with Crippen LogP contribution in [0.2, 0.25) is 16.6 Å². The van der Waals surface area contributed by atoms with Crippen LogP contribution in [0.4, 0.5) is 0 Å². The Balaban J connectivity index is 1.44. The number of carbonyl (C=O) groups excluding carboxylic acids is 2. The van der Waals surface area contributed by atoms with E-state index in [4.69, 9.17) is 51.8 Å². The second kappa shape index (κ2) is 25.9. The first-order valence-corrected chi connectivity index (χ1v) is 25.7. The first-order chi connectivity index (χ1) is 32.9. The zero-order chi connectivity index (χ0) is 48.6. The molecule has 0 N–H and O–H groups in total. The lowest BCUT2D eigenvalue weighted by Gasteiger charge is -2.52. The summed E-state index contributed by atoms with van der Waals surface area (Å²) in [7, 11) is 0.382. The Bertz CT molecular complexity index is 2090. The Morgan fingerprint density at radius 3 is 1.38 bits per heavy atom. The summed E-state index contributed by atoms with van der Waals surface area (Å²) >= 11 is 0. The molecule has 0 amide bonds. The molecule has 4 aromatic carbocycles. The molecule has 4 aromatic rings. The molecule has 0 saturated carbocycles. The molecular weight excluding hydrogens is 885 g/mol. The van der Waals surface area contributed by atoms with Crippen molar-refractivity contribution >= 4 is 20.3 Å². The number of hydrogen-bond donors (Lipinski definition) is 0. The second-order valence-electron chi connectivity index (χ2n) is 18.1. The van der Waals surface area contributed by atoms with E-state index in [1.165, 1.54) is 7.11 Å². The minimum Gasteiger partial charge on any atom is -0.450 e. The third-order valence-corrected chi connectivity index (χ3v) is 18.8. The predicted octanol–water partition coefficient (Wildman–Crippen LogP) is 9.50. The Morgan fingerprint density at radius 2 is 0.956 bits per heavy atom. The standard InChI is InChI=1S/C54H70O13Si/c1-10-31-61-53-49(64-51(55)41-27-19-13-20-28-41)47(57-8)45(43(62-53)34-59-32-39-23-15-11-16-24-39)66-54-50(65-52(56)42-29-21-14-22-30-42)48(58-9)46(67-68(36(2)3,37(4)5)38(6)7)44(63-54)35-60-33-40-25-17-12-18-26-40/h10-30,36-38,43-50,53-54H,1,31-35H2,2-9H3/t43-,44-,45-,46-,47+,48+,49+,50+,53+,54-/m1/s1. The minimum absolute atomic E-state index is 0.0117. The second-order valence-corrected chi connectivity index (χ2v) is 23.5. The summed E-state index contributed by atoms with van der Waals surface area (Å²) < 4.78 is 72.9. The molecule has 368 valence electrons. The normalized spacial score (nSPS) is 25.3. The van der Waals surface area contributed by atoms with Crippen LogP contribution in [0.3, 0.4) is 0 Å². The van der Waals surface area contributed by atoms with E-state index in [9.17, 15) is 9.59 Å². The van der Waals surface area contributed by atoms with Crippen LogP contribution in [-0.2, 0) is 65.0 Å².